The van der Waals surface area contributed by atoms with E-state index in [9.17, 15) is 5.11 Å². The van der Waals surface area contributed by atoms with E-state index in [0.717, 1.165) is 25.9 Å². The zero-order valence-corrected chi connectivity index (χ0v) is 10.8. The van der Waals surface area contributed by atoms with Crippen LogP contribution in [0.5, 0.6) is 0 Å². The van der Waals surface area contributed by atoms with Gasteiger partial charge in [0.2, 0.25) is 0 Å². The van der Waals surface area contributed by atoms with E-state index in [1.165, 1.54) is 5.56 Å². The lowest BCUT2D eigenvalue weighted by Crippen LogP contribution is -2.35. The van der Waals surface area contributed by atoms with Gasteiger partial charge in [0, 0.05) is 19.1 Å². The SMILES string of the molecule is CC(C)CC1C(O)CCN1Cc1ccccc1. The summed E-state index contributed by atoms with van der Waals surface area (Å²) in [5, 5.41) is 10.0. The molecule has 0 amide bonds. The first-order chi connectivity index (χ1) is 8.16. The summed E-state index contributed by atoms with van der Waals surface area (Å²) in [4.78, 5) is 2.43. The summed E-state index contributed by atoms with van der Waals surface area (Å²) in [6.45, 7) is 6.44. The molecule has 0 aromatic heterocycles. The maximum atomic E-state index is 10.0. The van der Waals surface area contributed by atoms with Crippen LogP contribution in [0.2, 0.25) is 0 Å². The smallest absolute Gasteiger partial charge is 0.0707 e. The molecular weight excluding hydrogens is 210 g/mol. The molecule has 2 unspecified atom stereocenters. The number of benzene rings is 1. The Kier molecular flexibility index (Phi) is 4.19. The van der Waals surface area contributed by atoms with Gasteiger partial charge in [0.15, 0.2) is 0 Å². The molecular formula is C15H23NO. The zero-order chi connectivity index (χ0) is 12.3. The Hall–Kier alpha value is -0.860. The molecule has 1 aromatic carbocycles. The van der Waals surface area contributed by atoms with E-state index in [0.29, 0.717) is 12.0 Å². The predicted octanol–water partition coefficient (Wildman–Crippen LogP) is 2.67. The van der Waals surface area contributed by atoms with Crippen molar-refractivity contribution >= 4 is 0 Å². The Morgan fingerprint density at radius 1 is 1.29 bits per heavy atom. The first kappa shape index (κ1) is 12.6. The van der Waals surface area contributed by atoms with Gasteiger partial charge in [-0.25, -0.2) is 0 Å². The Balaban J connectivity index is 2.00. The van der Waals surface area contributed by atoms with Gasteiger partial charge in [-0.05, 0) is 24.3 Å². The summed E-state index contributed by atoms with van der Waals surface area (Å²) in [6.07, 6.45) is 1.87. The summed E-state index contributed by atoms with van der Waals surface area (Å²) >= 11 is 0. The van der Waals surface area contributed by atoms with Crippen LogP contribution in [0.15, 0.2) is 30.3 Å². The highest BCUT2D eigenvalue weighted by Crippen LogP contribution is 2.25. The van der Waals surface area contributed by atoms with E-state index in [1.54, 1.807) is 0 Å². The normalized spacial score (nSPS) is 25.6. The maximum absolute atomic E-state index is 10.0. The molecule has 1 saturated heterocycles. The van der Waals surface area contributed by atoms with Crippen molar-refractivity contribution in [1.82, 2.24) is 4.90 Å². The number of nitrogens with zero attached hydrogens (tertiary/aromatic N) is 1. The third-order valence-corrected chi connectivity index (χ3v) is 3.57. The van der Waals surface area contributed by atoms with Gasteiger partial charge in [-0.15, -0.1) is 0 Å². The molecule has 1 aliphatic rings. The second-order valence-electron chi connectivity index (χ2n) is 5.51. The molecule has 1 heterocycles. The van der Waals surface area contributed by atoms with Gasteiger partial charge in [-0.1, -0.05) is 44.2 Å². The molecule has 2 atom stereocenters. The summed E-state index contributed by atoms with van der Waals surface area (Å²) in [5.74, 6) is 0.644. The molecule has 0 bridgehead atoms. The lowest BCUT2D eigenvalue weighted by Gasteiger charge is -2.27. The van der Waals surface area contributed by atoms with Crippen LogP contribution in [0.1, 0.15) is 32.3 Å². The quantitative estimate of drug-likeness (QED) is 0.864. The number of rotatable bonds is 4. The molecule has 1 N–H and O–H groups in total. The molecule has 0 spiro atoms. The summed E-state index contributed by atoms with van der Waals surface area (Å²) < 4.78 is 0. The van der Waals surface area contributed by atoms with Crippen LogP contribution in [-0.2, 0) is 6.54 Å². The van der Waals surface area contributed by atoms with Gasteiger partial charge in [0.1, 0.15) is 0 Å². The second kappa shape index (κ2) is 5.65. The zero-order valence-electron chi connectivity index (χ0n) is 10.8. The molecule has 1 aliphatic heterocycles. The summed E-state index contributed by atoms with van der Waals surface area (Å²) in [7, 11) is 0. The van der Waals surface area contributed by atoms with Crippen LogP contribution < -0.4 is 0 Å². The lowest BCUT2D eigenvalue weighted by atomic mass is 9.99. The molecule has 0 saturated carbocycles. The lowest BCUT2D eigenvalue weighted by molar-refractivity contribution is 0.0982. The van der Waals surface area contributed by atoms with E-state index in [1.807, 2.05) is 6.07 Å². The Labute approximate surface area is 104 Å². The molecule has 1 aromatic rings. The molecule has 0 radical (unpaired) electrons. The van der Waals surface area contributed by atoms with Gasteiger partial charge in [0.05, 0.1) is 6.10 Å². The predicted molar refractivity (Wildman–Crippen MR) is 70.7 cm³/mol. The van der Waals surface area contributed by atoms with Crippen molar-refractivity contribution in [2.45, 2.75) is 45.4 Å². The van der Waals surface area contributed by atoms with Crippen molar-refractivity contribution in [3.8, 4) is 0 Å². The third-order valence-electron chi connectivity index (χ3n) is 3.57. The Bertz CT molecular complexity index is 336. The van der Waals surface area contributed by atoms with Crippen molar-refractivity contribution < 1.29 is 5.11 Å². The van der Waals surface area contributed by atoms with Crippen molar-refractivity contribution in [3.05, 3.63) is 35.9 Å². The molecule has 94 valence electrons. The Morgan fingerprint density at radius 2 is 2.00 bits per heavy atom. The van der Waals surface area contributed by atoms with Crippen LogP contribution in [0.4, 0.5) is 0 Å². The monoisotopic (exact) mass is 233 g/mol. The highest BCUT2D eigenvalue weighted by molar-refractivity contribution is 5.15. The summed E-state index contributed by atoms with van der Waals surface area (Å²) in [5.41, 5.74) is 1.34. The first-order valence-corrected chi connectivity index (χ1v) is 6.63. The minimum absolute atomic E-state index is 0.138. The van der Waals surface area contributed by atoms with E-state index in [-0.39, 0.29) is 6.10 Å². The minimum atomic E-state index is -0.138. The summed E-state index contributed by atoms with van der Waals surface area (Å²) in [6, 6.07) is 10.9. The standard InChI is InChI=1S/C15H23NO/c1-12(2)10-14-15(17)8-9-16(14)11-13-6-4-3-5-7-13/h3-7,12,14-15,17H,8-11H2,1-2H3. The van der Waals surface area contributed by atoms with E-state index in [4.69, 9.17) is 0 Å². The van der Waals surface area contributed by atoms with E-state index in [2.05, 4.69) is 43.0 Å². The average molecular weight is 233 g/mol. The molecule has 1 fully saturated rings. The fourth-order valence-electron chi connectivity index (χ4n) is 2.70. The topological polar surface area (TPSA) is 23.5 Å². The van der Waals surface area contributed by atoms with Gasteiger partial charge in [0.25, 0.3) is 0 Å². The molecule has 17 heavy (non-hydrogen) atoms. The molecule has 0 aliphatic carbocycles. The van der Waals surface area contributed by atoms with Crippen molar-refractivity contribution in [2.75, 3.05) is 6.54 Å². The van der Waals surface area contributed by atoms with Crippen molar-refractivity contribution in [2.24, 2.45) is 5.92 Å². The van der Waals surface area contributed by atoms with Gasteiger partial charge >= 0.3 is 0 Å². The number of aliphatic hydroxyl groups excluding tert-OH is 1. The highest BCUT2D eigenvalue weighted by Gasteiger charge is 2.32. The van der Waals surface area contributed by atoms with E-state index < -0.39 is 0 Å². The van der Waals surface area contributed by atoms with Gasteiger partial charge < -0.3 is 5.11 Å². The second-order valence-corrected chi connectivity index (χ2v) is 5.51. The molecule has 2 heteroatoms. The van der Waals surface area contributed by atoms with Crippen LogP contribution in [0.25, 0.3) is 0 Å². The first-order valence-electron chi connectivity index (χ1n) is 6.63. The van der Waals surface area contributed by atoms with Crippen molar-refractivity contribution in [3.63, 3.8) is 0 Å². The average Bonchev–Trinajstić information content (AvgIpc) is 2.62. The van der Waals surface area contributed by atoms with Gasteiger partial charge in [-0.3, -0.25) is 4.90 Å². The molecule has 2 nitrogen and oxygen atoms in total. The van der Waals surface area contributed by atoms with E-state index >= 15 is 0 Å². The molecule has 2 rings (SSSR count). The number of aliphatic hydroxyl groups is 1. The number of hydrogen-bond donors (Lipinski definition) is 1. The Morgan fingerprint density at radius 3 is 2.65 bits per heavy atom. The highest BCUT2D eigenvalue weighted by atomic mass is 16.3. The van der Waals surface area contributed by atoms with Crippen LogP contribution in [0, 0.1) is 5.92 Å². The van der Waals surface area contributed by atoms with Crippen LogP contribution >= 0.6 is 0 Å². The fraction of sp³-hybridized carbons (Fsp3) is 0.600. The maximum Gasteiger partial charge on any atom is 0.0707 e. The fourth-order valence-corrected chi connectivity index (χ4v) is 2.70. The van der Waals surface area contributed by atoms with Crippen LogP contribution in [-0.4, -0.2) is 28.7 Å². The largest absolute Gasteiger partial charge is 0.391 e. The number of hydrogen-bond acceptors (Lipinski definition) is 2. The van der Waals surface area contributed by atoms with Crippen LogP contribution in [0.3, 0.4) is 0 Å². The number of likely N-dealkylation sites (tertiary alicyclic amines) is 1. The van der Waals surface area contributed by atoms with Crippen molar-refractivity contribution in [1.29, 1.82) is 0 Å². The third kappa shape index (κ3) is 3.30. The minimum Gasteiger partial charge on any atom is -0.391 e. The van der Waals surface area contributed by atoms with Gasteiger partial charge in [-0.2, -0.15) is 0 Å².